The maximum Gasteiger partial charge on any atom is 0.322 e. The highest BCUT2D eigenvalue weighted by Gasteiger charge is 2.57. The highest BCUT2D eigenvalue weighted by atomic mass is 19.1. The lowest BCUT2D eigenvalue weighted by molar-refractivity contribution is -0.125. The Hall–Kier alpha value is -3.49. The molecule has 1 aromatic heterocycles. The summed E-state index contributed by atoms with van der Waals surface area (Å²) in [6, 6.07) is 5.72. The van der Waals surface area contributed by atoms with Gasteiger partial charge in [0, 0.05) is 32.4 Å². The predicted molar refractivity (Wildman–Crippen MR) is 119 cm³/mol. The van der Waals surface area contributed by atoms with E-state index in [1.165, 1.54) is 12.1 Å². The zero-order valence-corrected chi connectivity index (χ0v) is 18.7. The van der Waals surface area contributed by atoms with Gasteiger partial charge in [0.15, 0.2) is 0 Å². The van der Waals surface area contributed by atoms with Crippen LogP contribution in [-0.2, 0) is 10.3 Å². The third-order valence-electron chi connectivity index (χ3n) is 6.79. The van der Waals surface area contributed by atoms with E-state index < -0.39 is 23.3 Å². The Morgan fingerprint density at radius 1 is 1.12 bits per heavy atom. The maximum atomic E-state index is 15.1. The number of imide groups is 1. The fourth-order valence-corrected chi connectivity index (χ4v) is 4.98. The lowest BCUT2D eigenvalue weighted by atomic mass is 9.84. The van der Waals surface area contributed by atoms with E-state index in [9.17, 15) is 14.4 Å². The first-order chi connectivity index (χ1) is 15.8. The summed E-state index contributed by atoms with van der Waals surface area (Å²) in [6.45, 7) is 6.16. The third-order valence-corrected chi connectivity index (χ3v) is 6.79. The lowest BCUT2D eigenvalue weighted by Crippen LogP contribution is -2.49. The third kappa shape index (κ3) is 3.61. The number of urea groups is 1. The smallest absolute Gasteiger partial charge is 0.322 e. The summed E-state index contributed by atoms with van der Waals surface area (Å²) in [5, 5.41) is 4.95. The Bertz CT molecular complexity index is 1160. The number of anilines is 1. The maximum absolute atomic E-state index is 15.1. The number of piperazine rings is 1. The van der Waals surface area contributed by atoms with Gasteiger partial charge < -0.3 is 15.1 Å². The van der Waals surface area contributed by atoms with Crippen molar-refractivity contribution >= 4 is 23.7 Å². The van der Waals surface area contributed by atoms with E-state index in [1.54, 1.807) is 11.0 Å². The Morgan fingerprint density at radius 2 is 1.85 bits per heavy atom. The van der Waals surface area contributed by atoms with E-state index in [1.807, 2.05) is 20.0 Å². The number of nitrogens with zero attached hydrogens (tertiary/aromatic N) is 3. The Labute approximate surface area is 191 Å². The van der Waals surface area contributed by atoms with Gasteiger partial charge in [-0.1, -0.05) is 12.1 Å². The number of hydrogen-bond donors (Lipinski definition) is 2. The van der Waals surface area contributed by atoms with E-state index in [2.05, 4.69) is 26.6 Å². The Kier molecular flexibility index (Phi) is 5.07. The summed E-state index contributed by atoms with van der Waals surface area (Å²) < 4.78 is 15.1. The number of amides is 4. The number of pyridine rings is 1. The van der Waals surface area contributed by atoms with Gasteiger partial charge in [-0.05, 0) is 61.4 Å². The molecule has 2 saturated heterocycles. The van der Waals surface area contributed by atoms with Gasteiger partial charge in [0.1, 0.15) is 17.2 Å². The van der Waals surface area contributed by atoms with Gasteiger partial charge >= 0.3 is 6.03 Å². The van der Waals surface area contributed by atoms with Crippen LogP contribution in [0.3, 0.4) is 0 Å². The molecule has 0 spiro atoms. The van der Waals surface area contributed by atoms with Gasteiger partial charge in [-0.3, -0.25) is 14.9 Å². The topological polar surface area (TPSA) is 94.6 Å². The molecule has 172 valence electrons. The second kappa shape index (κ2) is 7.83. The molecule has 8 nitrogen and oxygen atoms in total. The molecule has 1 unspecified atom stereocenters. The summed E-state index contributed by atoms with van der Waals surface area (Å²) in [4.78, 5) is 45.7. The summed E-state index contributed by atoms with van der Waals surface area (Å²) in [5.41, 5.74) is 1.26. The molecular formula is C24H26FN5O3. The first-order valence-electron chi connectivity index (χ1n) is 11.2. The van der Waals surface area contributed by atoms with Crippen molar-refractivity contribution in [3.63, 3.8) is 0 Å². The molecule has 3 aliphatic rings. The minimum absolute atomic E-state index is 0.0347. The minimum Gasteiger partial charge on any atom is -0.353 e. The fraction of sp³-hybridized carbons (Fsp3) is 0.417. The van der Waals surface area contributed by atoms with Gasteiger partial charge in [-0.15, -0.1) is 0 Å². The summed E-state index contributed by atoms with van der Waals surface area (Å²) >= 11 is 0. The van der Waals surface area contributed by atoms with Crippen LogP contribution in [0.4, 0.5) is 15.0 Å². The van der Waals surface area contributed by atoms with Crippen molar-refractivity contribution in [1.82, 2.24) is 20.5 Å². The Balaban J connectivity index is 1.32. The second-order valence-corrected chi connectivity index (χ2v) is 9.12. The number of carbonyl (C=O) groups is 3. The summed E-state index contributed by atoms with van der Waals surface area (Å²) in [5.74, 6) is -0.704. The Morgan fingerprint density at radius 3 is 2.42 bits per heavy atom. The molecule has 1 aromatic carbocycles. The van der Waals surface area contributed by atoms with Gasteiger partial charge in [0.2, 0.25) is 0 Å². The molecule has 0 bridgehead atoms. The standard InChI is InChI=1S/C24H26FN5O3/c1-14-11-15(2)20(26-13-14)29-7-9-30(10-8-29)21(31)18-6-5-17(12-19(18)25)24(16-3-4-16)22(32)27-23(33)28-24/h5-6,11-13,16H,3-4,7-10H2,1-2H3,(H2,27,28,32,33). The molecule has 3 heterocycles. The van der Waals surface area contributed by atoms with Crippen LogP contribution in [0.2, 0.25) is 0 Å². The first kappa shape index (κ1) is 21.4. The van der Waals surface area contributed by atoms with Gasteiger partial charge in [0.25, 0.3) is 11.8 Å². The summed E-state index contributed by atoms with van der Waals surface area (Å²) in [7, 11) is 0. The van der Waals surface area contributed by atoms with Crippen molar-refractivity contribution in [3.8, 4) is 0 Å². The SMILES string of the molecule is Cc1cnc(N2CCN(C(=O)c3ccc(C4(C5CC5)NC(=O)NC4=O)cc3F)CC2)c(C)c1. The molecule has 33 heavy (non-hydrogen) atoms. The van der Waals surface area contributed by atoms with Crippen LogP contribution in [0, 0.1) is 25.6 Å². The van der Waals surface area contributed by atoms with E-state index in [-0.39, 0.29) is 17.4 Å². The number of benzene rings is 1. The molecule has 3 fully saturated rings. The molecule has 1 atom stereocenters. The zero-order chi connectivity index (χ0) is 23.3. The predicted octanol–water partition coefficient (Wildman–Crippen LogP) is 2.24. The molecule has 1 aliphatic carbocycles. The van der Waals surface area contributed by atoms with Crippen molar-refractivity contribution in [2.75, 3.05) is 31.1 Å². The average molecular weight is 452 g/mol. The monoisotopic (exact) mass is 451 g/mol. The molecule has 9 heteroatoms. The molecule has 1 saturated carbocycles. The van der Waals surface area contributed by atoms with Crippen molar-refractivity contribution < 1.29 is 18.8 Å². The fourth-order valence-electron chi connectivity index (χ4n) is 4.98. The second-order valence-electron chi connectivity index (χ2n) is 9.12. The largest absolute Gasteiger partial charge is 0.353 e. The molecule has 2 aliphatic heterocycles. The lowest BCUT2D eigenvalue weighted by Gasteiger charge is -2.36. The number of rotatable bonds is 4. The van der Waals surface area contributed by atoms with Gasteiger partial charge in [-0.2, -0.15) is 0 Å². The van der Waals surface area contributed by atoms with E-state index >= 15 is 4.39 Å². The van der Waals surface area contributed by atoms with Crippen LogP contribution in [0.25, 0.3) is 0 Å². The quantitative estimate of drug-likeness (QED) is 0.696. The number of halogens is 1. The number of aromatic nitrogens is 1. The van der Waals surface area contributed by atoms with E-state index in [0.717, 1.165) is 29.8 Å². The number of hydrogen-bond acceptors (Lipinski definition) is 5. The number of aryl methyl sites for hydroxylation is 2. The van der Waals surface area contributed by atoms with Crippen LogP contribution in [0.15, 0.2) is 30.5 Å². The molecule has 2 N–H and O–H groups in total. The van der Waals surface area contributed by atoms with E-state index in [4.69, 9.17) is 0 Å². The van der Waals surface area contributed by atoms with Crippen LogP contribution in [0.5, 0.6) is 0 Å². The van der Waals surface area contributed by atoms with Crippen LogP contribution < -0.4 is 15.5 Å². The molecule has 2 aromatic rings. The van der Waals surface area contributed by atoms with Crippen molar-refractivity contribution in [2.24, 2.45) is 5.92 Å². The van der Waals surface area contributed by atoms with Crippen LogP contribution in [0.1, 0.15) is 39.9 Å². The van der Waals surface area contributed by atoms with E-state index in [0.29, 0.717) is 31.7 Å². The molecule has 0 radical (unpaired) electrons. The zero-order valence-electron chi connectivity index (χ0n) is 18.7. The highest BCUT2D eigenvalue weighted by molar-refractivity contribution is 6.08. The van der Waals surface area contributed by atoms with Crippen molar-refractivity contribution in [2.45, 2.75) is 32.2 Å². The average Bonchev–Trinajstić information content (AvgIpc) is 3.58. The van der Waals surface area contributed by atoms with Crippen molar-refractivity contribution in [1.29, 1.82) is 0 Å². The highest BCUT2D eigenvalue weighted by Crippen LogP contribution is 2.47. The molecule has 5 rings (SSSR count). The first-order valence-corrected chi connectivity index (χ1v) is 11.2. The van der Waals surface area contributed by atoms with Crippen LogP contribution >= 0.6 is 0 Å². The minimum atomic E-state index is -1.26. The molecule has 4 amide bonds. The summed E-state index contributed by atoms with van der Waals surface area (Å²) in [6.07, 6.45) is 3.38. The normalized spacial score (nSPS) is 22.9. The number of nitrogens with one attached hydrogen (secondary N) is 2. The number of carbonyl (C=O) groups excluding carboxylic acids is 3. The van der Waals surface area contributed by atoms with Gasteiger partial charge in [-0.25, -0.2) is 14.2 Å². The van der Waals surface area contributed by atoms with Crippen LogP contribution in [-0.4, -0.2) is 53.9 Å². The van der Waals surface area contributed by atoms with Gasteiger partial charge in [0.05, 0.1) is 5.56 Å². The van der Waals surface area contributed by atoms with Crippen molar-refractivity contribution in [3.05, 3.63) is 58.5 Å². The molecular weight excluding hydrogens is 425 g/mol.